The Hall–Kier alpha value is -2.38. The standard InChI is InChI=1S/C15H18N4O2S/c1-21-10-7-16-15(22)18-17-14(20)12-5-4-6-13(11-12)19-8-2-3-9-19/h2-6,8-9,11H,7,10H2,1H3,(H,17,20)(H2,16,18,22). The zero-order valence-corrected chi connectivity index (χ0v) is 13.0. The van der Waals surface area contributed by atoms with Crippen LogP contribution in [0.15, 0.2) is 48.8 Å². The van der Waals surface area contributed by atoms with Crippen LogP contribution < -0.4 is 16.2 Å². The molecule has 1 heterocycles. The number of nitrogens with zero attached hydrogens (tertiary/aromatic N) is 1. The average molecular weight is 318 g/mol. The molecule has 0 aliphatic carbocycles. The molecule has 0 aliphatic rings. The first-order chi connectivity index (χ1) is 10.7. The van der Waals surface area contributed by atoms with Crippen LogP contribution in [0.4, 0.5) is 0 Å². The topological polar surface area (TPSA) is 67.3 Å². The van der Waals surface area contributed by atoms with E-state index in [-0.39, 0.29) is 5.91 Å². The minimum atomic E-state index is -0.259. The molecule has 3 N–H and O–H groups in total. The van der Waals surface area contributed by atoms with E-state index in [1.165, 1.54) is 0 Å². The number of ether oxygens (including phenoxy) is 1. The lowest BCUT2D eigenvalue weighted by Crippen LogP contribution is -2.47. The quantitative estimate of drug-likeness (QED) is 0.440. The third-order valence-electron chi connectivity index (χ3n) is 2.89. The van der Waals surface area contributed by atoms with Crippen LogP contribution in [0.1, 0.15) is 10.4 Å². The zero-order chi connectivity index (χ0) is 15.8. The molecule has 0 saturated carbocycles. The first-order valence-corrected chi connectivity index (χ1v) is 7.18. The number of benzene rings is 1. The lowest BCUT2D eigenvalue weighted by molar-refractivity contribution is 0.0943. The summed E-state index contributed by atoms with van der Waals surface area (Å²) in [6.45, 7) is 1.11. The molecule has 2 aromatic rings. The summed E-state index contributed by atoms with van der Waals surface area (Å²) in [5.41, 5.74) is 6.66. The molecule has 0 radical (unpaired) electrons. The number of nitrogens with one attached hydrogen (secondary N) is 3. The maximum atomic E-state index is 12.1. The summed E-state index contributed by atoms with van der Waals surface area (Å²) in [5.74, 6) is -0.259. The van der Waals surface area contributed by atoms with Crippen molar-refractivity contribution < 1.29 is 9.53 Å². The molecular formula is C15H18N4O2S. The van der Waals surface area contributed by atoms with Gasteiger partial charge in [-0.3, -0.25) is 15.6 Å². The van der Waals surface area contributed by atoms with Gasteiger partial charge in [0.05, 0.1) is 6.61 Å². The van der Waals surface area contributed by atoms with Gasteiger partial charge in [0.25, 0.3) is 5.91 Å². The zero-order valence-electron chi connectivity index (χ0n) is 12.2. The van der Waals surface area contributed by atoms with E-state index in [1.54, 1.807) is 19.2 Å². The van der Waals surface area contributed by atoms with E-state index in [9.17, 15) is 4.79 Å². The van der Waals surface area contributed by atoms with E-state index in [0.29, 0.717) is 23.8 Å². The van der Waals surface area contributed by atoms with Gasteiger partial charge in [-0.05, 0) is 42.5 Å². The lowest BCUT2D eigenvalue weighted by atomic mass is 10.2. The van der Waals surface area contributed by atoms with Gasteiger partial charge < -0.3 is 14.6 Å². The molecule has 2 rings (SSSR count). The predicted molar refractivity (Wildman–Crippen MR) is 88.8 cm³/mol. The maximum Gasteiger partial charge on any atom is 0.269 e. The van der Waals surface area contributed by atoms with Gasteiger partial charge in [0.15, 0.2) is 5.11 Å². The molecule has 7 heteroatoms. The molecule has 0 atom stereocenters. The SMILES string of the molecule is COCCNC(=S)NNC(=O)c1cccc(-n2cccc2)c1. The average Bonchev–Trinajstić information content (AvgIpc) is 3.07. The minimum absolute atomic E-state index is 0.259. The highest BCUT2D eigenvalue weighted by atomic mass is 32.1. The van der Waals surface area contributed by atoms with Crippen LogP contribution in [-0.4, -0.2) is 35.8 Å². The Morgan fingerprint density at radius 2 is 2.00 bits per heavy atom. The molecule has 1 aromatic heterocycles. The molecule has 0 saturated heterocycles. The first kappa shape index (κ1) is 16.0. The molecule has 1 aromatic carbocycles. The van der Waals surface area contributed by atoms with Crippen molar-refractivity contribution in [3.05, 3.63) is 54.4 Å². The van der Waals surface area contributed by atoms with Crippen molar-refractivity contribution in [3.8, 4) is 5.69 Å². The van der Waals surface area contributed by atoms with E-state index in [2.05, 4.69) is 16.2 Å². The number of hydrazine groups is 1. The summed E-state index contributed by atoms with van der Waals surface area (Å²) in [7, 11) is 1.61. The summed E-state index contributed by atoms with van der Waals surface area (Å²) >= 11 is 5.03. The number of rotatable bonds is 5. The molecule has 0 fully saturated rings. The highest BCUT2D eigenvalue weighted by Crippen LogP contribution is 2.10. The van der Waals surface area contributed by atoms with Gasteiger partial charge in [0.1, 0.15) is 0 Å². The van der Waals surface area contributed by atoms with Crippen molar-refractivity contribution in [2.75, 3.05) is 20.3 Å². The number of amides is 1. The molecule has 0 unspecified atom stereocenters. The van der Waals surface area contributed by atoms with Gasteiger partial charge in [-0.2, -0.15) is 0 Å². The van der Waals surface area contributed by atoms with E-state index < -0.39 is 0 Å². The molecule has 0 bridgehead atoms. The number of hydrogen-bond donors (Lipinski definition) is 3. The summed E-state index contributed by atoms with van der Waals surface area (Å²) < 4.78 is 6.83. The lowest BCUT2D eigenvalue weighted by Gasteiger charge is -2.12. The summed E-state index contributed by atoms with van der Waals surface area (Å²) in [4.78, 5) is 12.1. The number of carbonyl (C=O) groups is 1. The van der Waals surface area contributed by atoms with Crippen molar-refractivity contribution in [2.24, 2.45) is 0 Å². The van der Waals surface area contributed by atoms with E-state index in [1.807, 2.05) is 41.2 Å². The second-order valence-electron chi connectivity index (χ2n) is 4.47. The first-order valence-electron chi connectivity index (χ1n) is 6.77. The Bertz CT molecular complexity index is 628. The third kappa shape index (κ3) is 4.57. The van der Waals surface area contributed by atoms with Crippen molar-refractivity contribution in [1.29, 1.82) is 0 Å². The smallest absolute Gasteiger partial charge is 0.269 e. The largest absolute Gasteiger partial charge is 0.383 e. The molecule has 116 valence electrons. The van der Waals surface area contributed by atoms with E-state index in [4.69, 9.17) is 17.0 Å². The number of thiocarbonyl (C=S) groups is 1. The van der Waals surface area contributed by atoms with Crippen molar-refractivity contribution >= 4 is 23.2 Å². The number of carbonyl (C=O) groups excluding carboxylic acids is 1. The van der Waals surface area contributed by atoms with Crippen LogP contribution in [0.3, 0.4) is 0 Å². The van der Waals surface area contributed by atoms with Crippen LogP contribution in [0.25, 0.3) is 5.69 Å². The van der Waals surface area contributed by atoms with Gasteiger partial charge >= 0.3 is 0 Å². The van der Waals surface area contributed by atoms with Gasteiger partial charge in [-0.25, -0.2) is 0 Å². The fraction of sp³-hybridized carbons (Fsp3) is 0.200. The summed E-state index contributed by atoms with van der Waals surface area (Å²) in [5, 5.41) is 3.24. The Labute approximate surface area is 134 Å². The molecule has 6 nitrogen and oxygen atoms in total. The highest BCUT2D eigenvalue weighted by Gasteiger charge is 2.07. The van der Waals surface area contributed by atoms with Crippen molar-refractivity contribution in [2.45, 2.75) is 0 Å². The van der Waals surface area contributed by atoms with Gasteiger partial charge in [0.2, 0.25) is 0 Å². The van der Waals surface area contributed by atoms with E-state index >= 15 is 0 Å². The third-order valence-corrected chi connectivity index (χ3v) is 3.14. The molecule has 1 amide bonds. The minimum Gasteiger partial charge on any atom is -0.383 e. The monoisotopic (exact) mass is 318 g/mol. The van der Waals surface area contributed by atoms with Gasteiger partial charge in [0, 0.05) is 37.3 Å². The van der Waals surface area contributed by atoms with Crippen LogP contribution in [0.5, 0.6) is 0 Å². The molecular weight excluding hydrogens is 300 g/mol. The second-order valence-corrected chi connectivity index (χ2v) is 4.88. The second kappa shape index (κ2) is 8.16. The normalized spacial score (nSPS) is 10.0. The molecule has 0 aliphatic heterocycles. The Balaban J connectivity index is 1.90. The fourth-order valence-electron chi connectivity index (χ4n) is 1.81. The highest BCUT2D eigenvalue weighted by molar-refractivity contribution is 7.80. The molecule has 22 heavy (non-hydrogen) atoms. The summed E-state index contributed by atoms with van der Waals surface area (Å²) in [6, 6.07) is 11.2. The number of methoxy groups -OCH3 is 1. The number of aromatic nitrogens is 1. The van der Waals surface area contributed by atoms with Gasteiger partial charge in [-0.15, -0.1) is 0 Å². The summed E-state index contributed by atoms with van der Waals surface area (Å²) in [6.07, 6.45) is 3.84. The van der Waals surface area contributed by atoms with E-state index in [0.717, 1.165) is 5.69 Å². The van der Waals surface area contributed by atoms with Crippen molar-refractivity contribution in [1.82, 2.24) is 20.7 Å². The molecule has 0 spiro atoms. The predicted octanol–water partition coefficient (Wildman–Crippen LogP) is 1.23. The van der Waals surface area contributed by atoms with Gasteiger partial charge in [-0.1, -0.05) is 6.07 Å². The van der Waals surface area contributed by atoms with Crippen LogP contribution in [0.2, 0.25) is 0 Å². The van der Waals surface area contributed by atoms with Crippen molar-refractivity contribution in [3.63, 3.8) is 0 Å². The van der Waals surface area contributed by atoms with Crippen LogP contribution in [-0.2, 0) is 4.74 Å². The maximum absolute atomic E-state index is 12.1. The Morgan fingerprint density at radius 1 is 1.23 bits per heavy atom. The van der Waals surface area contributed by atoms with Crippen LogP contribution >= 0.6 is 12.2 Å². The van der Waals surface area contributed by atoms with Crippen LogP contribution in [0, 0.1) is 0 Å². The Morgan fingerprint density at radius 3 is 2.73 bits per heavy atom. The fourth-order valence-corrected chi connectivity index (χ4v) is 1.96. The Kier molecular flexibility index (Phi) is 5.93. The number of hydrogen-bond acceptors (Lipinski definition) is 3.